The SMILES string of the molecule is CON(C)S(=O)(=O)c1cc(C(=O)OCC(=O)N2CCCC[C@H]2C)ccc1Cl. The fourth-order valence-electron chi connectivity index (χ4n) is 2.83. The lowest BCUT2D eigenvalue weighted by Crippen LogP contribution is -2.44. The van der Waals surface area contributed by atoms with Gasteiger partial charge in [-0.15, -0.1) is 0 Å². The van der Waals surface area contributed by atoms with Crippen LogP contribution in [0, 0.1) is 0 Å². The van der Waals surface area contributed by atoms with Gasteiger partial charge >= 0.3 is 5.97 Å². The Morgan fingerprint density at radius 1 is 1.33 bits per heavy atom. The monoisotopic (exact) mass is 418 g/mol. The van der Waals surface area contributed by atoms with Crippen LogP contribution in [0.25, 0.3) is 0 Å². The summed E-state index contributed by atoms with van der Waals surface area (Å²) in [6.07, 6.45) is 2.92. The van der Waals surface area contributed by atoms with Crippen molar-refractivity contribution < 1.29 is 27.6 Å². The number of amides is 1. The van der Waals surface area contributed by atoms with Gasteiger partial charge in [0.15, 0.2) is 6.61 Å². The average Bonchev–Trinajstić information content (AvgIpc) is 2.65. The van der Waals surface area contributed by atoms with Crippen molar-refractivity contribution >= 4 is 33.5 Å². The number of likely N-dealkylation sites (tertiary alicyclic amines) is 1. The highest BCUT2D eigenvalue weighted by molar-refractivity contribution is 7.89. The van der Waals surface area contributed by atoms with Gasteiger partial charge in [0.25, 0.3) is 15.9 Å². The van der Waals surface area contributed by atoms with Gasteiger partial charge in [0.2, 0.25) is 0 Å². The summed E-state index contributed by atoms with van der Waals surface area (Å²) >= 11 is 5.96. The topological polar surface area (TPSA) is 93.2 Å². The van der Waals surface area contributed by atoms with E-state index in [1.807, 2.05) is 6.92 Å². The Hall–Kier alpha value is -1.68. The molecule has 0 radical (unpaired) electrons. The average molecular weight is 419 g/mol. The van der Waals surface area contributed by atoms with Gasteiger partial charge in [-0.2, -0.15) is 0 Å². The molecule has 1 saturated heterocycles. The van der Waals surface area contributed by atoms with E-state index in [0.29, 0.717) is 11.0 Å². The molecule has 1 aliphatic rings. The molecule has 0 unspecified atom stereocenters. The number of carbonyl (C=O) groups excluding carboxylic acids is 2. The quantitative estimate of drug-likeness (QED) is 0.518. The van der Waals surface area contributed by atoms with Gasteiger partial charge in [-0.1, -0.05) is 16.1 Å². The molecule has 0 aromatic heterocycles. The molecule has 1 aromatic carbocycles. The molecule has 1 atom stereocenters. The maximum atomic E-state index is 12.4. The first-order valence-corrected chi connectivity index (χ1v) is 10.3. The zero-order valence-electron chi connectivity index (χ0n) is 15.5. The van der Waals surface area contributed by atoms with E-state index in [2.05, 4.69) is 0 Å². The summed E-state index contributed by atoms with van der Waals surface area (Å²) in [6.45, 7) is 2.21. The highest BCUT2D eigenvalue weighted by atomic mass is 35.5. The second-order valence-electron chi connectivity index (χ2n) is 6.25. The van der Waals surface area contributed by atoms with Crippen molar-refractivity contribution in [1.29, 1.82) is 0 Å². The predicted molar refractivity (Wildman–Crippen MR) is 98.7 cm³/mol. The molecule has 0 N–H and O–H groups in total. The fourth-order valence-corrected chi connectivity index (χ4v) is 4.30. The first-order chi connectivity index (χ1) is 12.7. The summed E-state index contributed by atoms with van der Waals surface area (Å²) in [6, 6.07) is 3.83. The molecule has 10 heteroatoms. The van der Waals surface area contributed by atoms with Crippen LogP contribution in [-0.4, -0.2) is 63.0 Å². The van der Waals surface area contributed by atoms with Crippen LogP contribution in [0.2, 0.25) is 5.02 Å². The van der Waals surface area contributed by atoms with E-state index in [0.717, 1.165) is 25.3 Å². The van der Waals surface area contributed by atoms with E-state index >= 15 is 0 Å². The second kappa shape index (κ2) is 9.01. The van der Waals surface area contributed by atoms with Gasteiger partial charge in [0.05, 0.1) is 17.7 Å². The molecule has 2 rings (SSSR count). The van der Waals surface area contributed by atoms with E-state index in [9.17, 15) is 18.0 Å². The molecule has 0 spiro atoms. The molecule has 0 bridgehead atoms. The highest BCUT2D eigenvalue weighted by Gasteiger charge is 2.27. The summed E-state index contributed by atoms with van der Waals surface area (Å²) in [5.74, 6) is -1.07. The Balaban J connectivity index is 2.11. The summed E-state index contributed by atoms with van der Waals surface area (Å²) in [5, 5.41) is -0.0614. The second-order valence-corrected chi connectivity index (χ2v) is 8.56. The molecule has 150 valence electrons. The van der Waals surface area contributed by atoms with Crippen LogP contribution in [0.5, 0.6) is 0 Å². The predicted octanol–water partition coefficient (Wildman–Crippen LogP) is 2.08. The van der Waals surface area contributed by atoms with E-state index in [1.54, 1.807) is 4.90 Å². The van der Waals surface area contributed by atoms with Crippen LogP contribution in [0.1, 0.15) is 36.5 Å². The molecule has 8 nitrogen and oxygen atoms in total. The van der Waals surface area contributed by atoms with Gasteiger partial charge in [0, 0.05) is 19.6 Å². The first kappa shape index (κ1) is 21.6. The largest absolute Gasteiger partial charge is 0.452 e. The van der Waals surface area contributed by atoms with Crippen molar-refractivity contribution in [1.82, 2.24) is 9.37 Å². The lowest BCUT2D eigenvalue weighted by Gasteiger charge is -2.33. The van der Waals surface area contributed by atoms with E-state index in [1.165, 1.54) is 26.3 Å². The Bertz CT molecular complexity index is 814. The third kappa shape index (κ3) is 4.98. The Kier molecular flexibility index (Phi) is 7.21. The molecular weight excluding hydrogens is 396 g/mol. The molecule has 1 aromatic rings. The summed E-state index contributed by atoms with van der Waals surface area (Å²) < 4.78 is 30.4. The summed E-state index contributed by atoms with van der Waals surface area (Å²) in [5.41, 5.74) is -0.0260. The lowest BCUT2D eigenvalue weighted by molar-refractivity contribution is -0.137. The zero-order chi connectivity index (χ0) is 20.2. The summed E-state index contributed by atoms with van der Waals surface area (Å²) in [4.78, 5) is 30.6. The molecule has 1 fully saturated rings. The van der Waals surface area contributed by atoms with Gasteiger partial charge in [-0.25, -0.2) is 13.2 Å². The molecule has 1 amide bonds. The minimum atomic E-state index is -4.04. The maximum Gasteiger partial charge on any atom is 0.338 e. The van der Waals surface area contributed by atoms with Crippen molar-refractivity contribution in [3.8, 4) is 0 Å². The van der Waals surface area contributed by atoms with Crippen LogP contribution in [0.4, 0.5) is 0 Å². The van der Waals surface area contributed by atoms with E-state index < -0.39 is 22.6 Å². The highest BCUT2D eigenvalue weighted by Crippen LogP contribution is 2.25. The van der Waals surface area contributed by atoms with Crippen molar-refractivity contribution in [2.45, 2.75) is 37.1 Å². The van der Waals surface area contributed by atoms with Crippen molar-refractivity contribution in [2.24, 2.45) is 0 Å². The maximum absolute atomic E-state index is 12.4. The van der Waals surface area contributed by atoms with Crippen LogP contribution in [-0.2, 0) is 24.4 Å². The number of piperidine rings is 1. The Morgan fingerprint density at radius 3 is 2.67 bits per heavy atom. The lowest BCUT2D eigenvalue weighted by atomic mass is 10.0. The molecule has 0 aliphatic carbocycles. The Labute approximate surface area is 164 Å². The number of nitrogens with zero attached hydrogens (tertiary/aromatic N) is 2. The Morgan fingerprint density at radius 2 is 2.04 bits per heavy atom. The number of carbonyl (C=O) groups is 2. The molecule has 1 heterocycles. The smallest absolute Gasteiger partial charge is 0.338 e. The van der Waals surface area contributed by atoms with Gasteiger partial charge in [-0.3, -0.25) is 9.63 Å². The van der Waals surface area contributed by atoms with Gasteiger partial charge in [0.1, 0.15) is 4.90 Å². The number of hydrogen-bond donors (Lipinski definition) is 0. The van der Waals surface area contributed by atoms with Crippen molar-refractivity contribution in [3.63, 3.8) is 0 Å². The van der Waals surface area contributed by atoms with E-state index in [4.69, 9.17) is 21.2 Å². The third-order valence-corrected chi connectivity index (χ3v) is 6.65. The van der Waals surface area contributed by atoms with Gasteiger partial charge in [-0.05, 0) is 44.4 Å². The molecule has 27 heavy (non-hydrogen) atoms. The van der Waals surface area contributed by atoms with Crippen LogP contribution < -0.4 is 0 Å². The van der Waals surface area contributed by atoms with Crippen LogP contribution in [0.15, 0.2) is 23.1 Å². The number of hydroxylamine groups is 1. The standard InChI is InChI=1S/C17H23ClN2O6S/c1-12-6-4-5-9-20(12)16(21)11-26-17(22)13-7-8-14(18)15(10-13)27(23,24)19(2)25-3/h7-8,10,12H,4-6,9,11H2,1-3H3/t12-/m1/s1. The van der Waals surface area contributed by atoms with Crippen LogP contribution >= 0.6 is 11.6 Å². The third-order valence-electron chi connectivity index (χ3n) is 4.49. The number of rotatable bonds is 6. The number of sulfonamides is 1. The minimum Gasteiger partial charge on any atom is -0.452 e. The van der Waals surface area contributed by atoms with Crippen LogP contribution in [0.3, 0.4) is 0 Å². The summed E-state index contributed by atoms with van der Waals surface area (Å²) in [7, 11) is -1.64. The molecule has 1 aliphatic heterocycles. The molecular formula is C17H23ClN2O6S. The van der Waals surface area contributed by atoms with Gasteiger partial charge < -0.3 is 9.64 Å². The molecule has 0 saturated carbocycles. The van der Waals surface area contributed by atoms with Crippen molar-refractivity contribution in [2.75, 3.05) is 27.3 Å². The fraction of sp³-hybridized carbons (Fsp3) is 0.529. The normalized spacial score (nSPS) is 17.8. The number of halogens is 1. The number of ether oxygens (including phenoxy) is 1. The first-order valence-electron chi connectivity index (χ1n) is 8.47. The number of esters is 1. The number of hydrogen-bond acceptors (Lipinski definition) is 6. The minimum absolute atomic E-state index is 0.0260. The van der Waals surface area contributed by atoms with Crippen molar-refractivity contribution in [3.05, 3.63) is 28.8 Å². The van der Waals surface area contributed by atoms with E-state index in [-0.39, 0.29) is 27.4 Å². The number of benzene rings is 1. The zero-order valence-corrected chi connectivity index (χ0v) is 17.0.